The van der Waals surface area contributed by atoms with E-state index in [9.17, 15) is 9.90 Å². The van der Waals surface area contributed by atoms with Gasteiger partial charge in [0.15, 0.2) is 0 Å². The Labute approximate surface area is 137 Å². The number of hydrogen-bond acceptors (Lipinski definition) is 5. The molecule has 2 unspecified atom stereocenters. The summed E-state index contributed by atoms with van der Waals surface area (Å²) in [5, 5.41) is 9.23. The van der Waals surface area contributed by atoms with Crippen molar-refractivity contribution in [2.24, 2.45) is 11.7 Å². The first kappa shape index (κ1) is 19.1. The largest absolute Gasteiger partial charge is 0.496 e. The predicted molar refractivity (Wildman–Crippen MR) is 88.4 cm³/mol. The number of carboxylic acid groups (broad SMARTS) is 1. The highest BCUT2D eigenvalue weighted by atomic mass is 16.5. The van der Waals surface area contributed by atoms with Crippen LogP contribution in [0.3, 0.4) is 0 Å². The van der Waals surface area contributed by atoms with Gasteiger partial charge in [-0.05, 0) is 25.7 Å². The van der Waals surface area contributed by atoms with E-state index in [-0.39, 0.29) is 5.92 Å². The van der Waals surface area contributed by atoms with E-state index < -0.39 is 11.5 Å². The van der Waals surface area contributed by atoms with E-state index in [2.05, 4.69) is 0 Å². The highest BCUT2D eigenvalue weighted by Crippen LogP contribution is 2.37. The molecule has 3 N–H and O–H groups in total. The molecule has 23 heavy (non-hydrogen) atoms. The summed E-state index contributed by atoms with van der Waals surface area (Å²) in [5.74, 6) is 1.06. The molecule has 0 bridgehead atoms. The maximum Gasteiger partial charge on any atom is 0.323 e. The van der Waals surface area contributed by atoms with E-state index in [4.69, 9.17) is 19.9 Å². The number of ether oxygens (including phenoxy) is 3. The summed E-state index contributed by atoms with van der Waals surface area (Å²) >= 11 is 0. The van der Waals surface area contributed by atoms with Crippen molar-refractivity contribution in [3.8, 4) is 17.2 Å². The van der Waals surface area contributed by atoms with E-state index in [1.807, 2.05) is 6.92 Å². The lowest BCUT2D eigenvalue weighted by Crippen LogP contribution is -2.46. The molecule has 0 radical (unpaired) electrons. The van der Waals surface area contributed by atoms with Crippen LogP contribution in [-0.4, -0.2) is 37.9 Å². The average molecular weight is 325 g/mol. The van der Waals surface area contributed by atoms with Gasteiger partial charge in [0.1, 0.15) is 22.8 Å². The van der Waals surface area contributed by atoms with E-state index in [0.29, 0.717) is 30.1 Å². The summed E-state index contributed by atoms with van der Waals surface area (Å²) in [4.78, 5) is 11.3. The van der Waals surface area contributed by atoms with Gasteiger partial charge >= 0.3 is 5.97 Å². The van der Waals surface area contributed by atoms with Gasteiger partial charge in [-0.3, -0.25) is 4.79 Å². The number of nitrogens with two attached hydrogens (primary N) is 1. The number of carboxylic acids is 1. The molecule has 0 amide bonds. The zero-order valence-corrected chi connectivity index (χ0v) is 14.5. The van der Waals surface area contributed by atoms with E-state index in [0.717, 1.165) is 12.0 Å². The van der Waals surface area contributed by atoms with Crippen LogP contribution in [0, 0.1) is 5.92 Å². The maximum atomic E-state index is 11.3. The third-order valence-corrected chi connectivity index (χ3v) is 4.09. The Balaban J connectivity index is 3.12. The number of hydrogen-bond donors (Lipinski definition) is 2. The standard InChI is InChI=1S/C17H27NO5/c1-6-11(10-17(2,18)16(19)20)7-13-14(22-4)8-12(21-3)9-15(13)23-5/h8-9,11H,6-7,10,18H2,1-5H3,(H,19,20). The normalized spacial score (nSPS) is 14.7. The zero-order chi connectivity index (χ0) is 17.6. The Hall–Kier alpha value is -1.95. The molecule has 0 aromatic heterocycles. The molecule has 0 aliphatic rings. The van der Waals surface area contributed by atoms with Gasteiger partial charge in [-0.25, -0.2) is 0 Å². The highest BCUT2D eigenvalue weighted by Gasteiger charge is 2.31. The molecular weight excluding hydrogens is 298 g/mol. The molecular formula is C17H27NO5. The first-order chi connectivity index (χ1) is 10.8. The molecule has 0 heterocycles. The summed E-state index contributed by atoms with van der Waals surface area (Å²) in [5.41, 5.74) is 5.53. The monoisotopic (exact) mass is 325 g/mol. The van der Waals surface area contributed by atoms with Crippen LogP contribution in [0.1, 0.15) is 32.3 Å². The van der Waals surface area contributed by atoms with Crippen molar-refractivity contribution in [2.75, 3.05) is 21.3 Å². The number of benzene rings is 1. The fraction of sp³-hybridized carbons (Fsp3) is 0.588. The first-order valence-electron chi connectivity index (χ1n) is 7.60. The molecule has 1 aromatic carbocycles. The number of rotatable bonds is 9. The van der Waals surface area contributed by atoms with Crippen LogP contribution in [0.5, 0.6) is 17.2 Å². The second-order valence-electron chi connectivity index (χ2n) is 5.92. The molecule has 0 saturated carbocycles. The van der Waals surface area contributed by atoms with Gasteiger partial charge in [-0.2, -0.15) is 0 Å². The number of carbonyl (C=O) groups is 1. The summed E-state index contributed by atoms with van der Waals surface area (Å²) in [7, 11) is 4.75. The maximum absolute atomic E-state index is 11.3. The van der Waals surface area contributed by atoms with Gasteiger partial charge in [-0.1, -0.05) is 13.3 Å². The molecule has 1 aromatic rings. The topological polar surface area (TPSA) is 91.0 Å². The van der Waals surface area contributed by atoms with Crippen molar-refractivity contribution in [3.63, 3.8) is 0 Å². The Bertz CT molecular complexity index is 517. The van der Waals surface area contributed by atoms with Crippen molar-refractivity contribution < 1.29 is 24.1 Å². The first-order valence-corrected chi connectivity index (χ1v) is 7.60. The van der Waals surface area contributed by atoms with E-state index in [1.54, 1.807) is 40.4 Å². The molecule has 0 aliphatic carbocycles. The van der Waals surface area contributed by atoms with Crippen LogP contribution in [0.2, 0.25) is 0 Å². The summed E-state index contributed by atoms with van der Waals surface area (Å²) in [6.07, 6.45) is 1.79. The molecule has 0 saturated heterocycles. The fourth-order valence-corrected chi connectivity index (χ4v) is 2.62. The Kier molecular flexibility index (Phi) is 6.69. The Morgan fingerprint density at radius 2 is 1.74 bits per heavy atom. The molecule has 6 heteroatoms. The lowest BCUT2D eigenvalue weighted by Gasteiger charge is -2.26. The summed E-state index contributed by atoms with van der Waals surface area (Å²) in [6, 6.07) is 3.59. The van der Waals surface area contributed by atoms with Crippen molar-refractivity contribution in [1.82, 2.24) is 0 Å². The van der Waals surface area contributed by atoms with Gasteiger partial charge in [0.2, 0.25) is 0 Å². The molecule has 0 fully saturated rings. The van der Waals surface area contributed by atoms with E-state index >= 15 is 0 Å². The highest BCUT2D eigenvalue weighted by molar-refractivity contribution is 5.77. The van der Waals surface area contributed by atoms with Crippen LogP contribution in [0.25, 0.3) is 0 Å². The number of aliphatic carboxylic acids is 1. The van der Waals surface area contributed by atoms with Gasteiger partial charge < -0.3 is 25.1 Å². The summed E-state index contributed by atoms with van der Waals surface area (Å²) < 4.78 is 16.1. The molecule has 1 rings (SSSR count). The second-order valence-corrected chi connectivity index (χ2v) is 5.92. The van der Waals surface area contributed by atoms with Crippen LogP contribution in [0.15, 0.2) is 12.1 Å². The molecule has 130 valence electrons. The predicted octanol–water partition coefficient (Wildman–Crippen LogP) is 2.47. The van der Waals surface area contributed by atoms with Crippen molar-refractivity contribution in [3.05, 3.63) is 17.7 Å². The minimum Gasteiger partial charge on any atom is -0.496 e. The van der Waals surface area contributed by atoms with Crippen LogP contribution in [0.4, 0.5) is 0 Å². The molecule has 0 aliphatic heterocycles. The quantitative estimate of drug-likeness (QED) is 0.725. The molecule has 2 atom stereocenters. The van der Waals surface area contributed by atoms with Crippen molar-refractivity contribution in [1.29, 1.82) is 0 Å². The SMILES string of the molecule is CCC(Cc1c(OC)cc(OC)cc1OC)CC(C)(N)C(=O)O. The molecule has 0 spiro atoms. The van der Waals surface area contributed by atoms with Crippen molar-refractivity contribution in [2.45, 2.75) is 38.6 Å². The van der Waals surface area contributed by atoms with Crippen LogP contribution in [-0.2, 0) is 11.2 Å². The summed E-state index contributed by atoms with van der Waals surface area (Å²) in [6.45, 7) is 3.56. The fourth-order valence-electron chi connectivity index (χ4n) is 2.62. The van der Waals surface area contributed by atoms with Gasteiger partial charge in [0.05, 0.1) is 21.3 Å². The van der Waals surface area contributed by atoms with Crippen LogP contribution >= 0.6 is 0 Å². The van der Waals surface area contributed by atoms with E-state index in [1.165, 1.54) is 0 Å². The zero-order valence-electron chi connectivity index (χ0n) is 14.5. The minimum absolute atomic E-state index is 0.0947. The number of methoxy groups -OCH3 is 3. The Morgan fingerprint density at radius 1 is 1.22 bits per heavy atom. The smallest absolute Gasteiger partial charge is 0.323 e. The third kappa shape index (κ3) is 4.76. The lowest BCUT2D eigenvalue weighted by molar-refractivity contribution is -0.143. The molecule has 6 nitrogen and oxygen atoms in total. The van der Waals surface area contributed by atoms with Gasteiger partial charge in [0.25, 0.3) is 0 Å². The van der Waals surface area contributed by atoms with Crippen molar-refractivity contribution >= 4 is 5.97 Å². The third-order valence-electron chi connectivity index (χ3n) is 4.09. The lowest BCUT2D eigenvalue weighted by atomic mass is 9.84. The van der Waals surface area contributed by atoms with Gasteiger partial charge in [-0.15, -0.1) is 0 Å². The minimum atomic E-state index is -1.26. The van der Waals surface area contributed by atoms with Gasteiger partial charge in [0, 0.05) is 17.7 Å². The van der Waals surface area contributed by atoms with Crippen LogP contribution < -0.4 is 19.9 Å². The Morgan fingerprint density at radius 3 is 2.09 bits per heavy atom. The average Bonchev–Trinajstić information content (AvgIpc) is 2.53. The second kappa shape index (κ2) is 8.06.